The van der Waals surface area contributed by atoms with Crippen molar-refractivity contribution in [2.45, 2.75) is 51.4 Å². The summed E-state index contributed by atoms with van der Waals surface area (Å²) in [6, 6.07) is 10.2. The van der Waals surface area contributed by atoms with E-state index >= 15 is 0 Å². The summed E-state index contributed by atoms with van der Waals surface area (Å²) in [6.07, 6.45) is 6.78. The van der Waals surface area contributed by atoms with Gasteiger partial charge >= 0.3 is 0 Å². The molecule has 1 aliphatic rings. The zero-order chi connectivity index (χ0) is 16.0. The average Bonchev–Trinajstić information content (AvgIpc) is 2.61. The summed E-state index contributed by atoms with van der Waals surface area (Å²) in [6.45, 7) is 4.42. The summed E-state index contributed by atoms with van der Waals surface area (Å²) < 4.78 is 22.4. The Morgan fingerprint density at radius 1 is 0.870 bits per heavy atom. The fourth-order valence-electron chi connectivity index (χ4n) is 2.52. The lowest BCUT2D eigenvalue weighted by Crippen LogP contribution is -2.22. The summed E-state index contributed by atoms with van der Waals surface area (Å²) in [5, 5.41) is 0. The van der Waals surface area contributed by atoms with Crippen LogP contribution in [0, 0.1) is 0 Å². The largest absolute Gasteiger partial charge is 0.379 e. The molecule has 1 unspecified atom stereocenters. The Kier molecular flexibility index (Phi) is 9.98. The number of rotatable bonds is 12. The van der Waals surface area contributed by atoms with Gasteiger partial charge in [0.05, 0.1) is 19.8 Å². The Hall–Kier alpha value is -0.940. The summed E-state index contributed by atoms with van der Waals surface area (Å²) in [5.74, 6) is 0. The van der Waals surface area contributed by atoms with Crippen molar-refractivity contribution in [2.75, 3.05) is 33.0 Å². The molecule has 0 amide bonds. The molecule has 4 heteroatoms. The van der Waals surface area contributed by atoms with Gasteiger partial charge in [0.2, 0.25) is 0 Å². The van der Waals surface area contributed by atoms with Crippen LogP contribution >= 0.6 is 0 Å². The number of benzene rings is 1. The van der Waals surface area contributed by atoms with Crippen LogP contribution in [-0.2, 0) is 25.6 Å². The molecule has 1 aromatic carbocycles. The van der Waals surface area contributed by atoms with Crippen molar-refractivity contribution in [1.82, 2.24) is 0 Å². The monoisotopic (exact) mass is 322 g/mol. The summed E-state index contributed by atoms with van der Waals surface area (Å²) >= 11 is 0. The molecule has 1 fully saturated rings. The van der Waals surface area contributed by atoms with Gasteiger partial charge in [0, 0.05) is 19.8 Å². The van der Waals surface area contributed by atoms with Crippen molar-refractivity contribution in [3.8, 4) is 0 Å². The van der Waals surface area contributed by atoms with E-state index < -0.39 is 0 Å². The zero-order valence-electron chi connectivity index (χ0n) is 14.1. The van der Waals surface area contributed by atoms with Crippen LogP contribution in [0.15, 0.2) is 30.3 Å². The van der Waals surface area contributed by atoms with Crippen LogP contribution in [0.3, 0.4) is 0 Å². The summed E-state index contributed by atoms with van der Waals surface area (Å²) in [4.78, 5) is 0. The molecule has 1 atom stereocenters. The summed E-state index contributed by atoms with van der Waals surface area (Å²) in [7, 11) is 0. The maximum atomic E-state index is 5.70. The van der Waals surface area contributed by atoms with Crippen LogP contribution in [0.1, 0.15) is 44.1 Å². The average molecular weight is 322 g/mol. The minimum Gasteiger partial charge on any atom is -0.379 e. The second kappa shape index (κ2) is 12.5. The third-order valence-electron chi connectivity index (χ3n) is 3.86. The molecule has 1 aliphatic heterocycles. The molecule has 23 heavy (non-hydrogen) atoms. The Balaban J connectivity index is 1.30. The molecule has 130 valence electrons. The fourth-order valence-corrected chi connectivity index (χ4v) is 2.52. The highest BCUT2D eigenvalue weighted by molar-refractivity contribution is 5.13. The lowest BCUT2D eigenvalue weighted by atomic mass is 10.2. The molecular weight excluding hydrogens is 292 g/mol. The first-order valence-electron chi connectivity index (χ1n) is 8.88. The molecule has 2 rings (SSSR count). The van der Waals surface area contributed by atoms with Crippen molar-refractivity contribution >= 4 is 0 Å². The van der Waals surface area contributed by atoms with Gasteiger partial charge in [0.1, 0.15) is 0 Å². The molecule has 0 N–H and O–H groups in total. The van der Waals surface area contributed by atoms with Crippen LogP contribution in [0.4, 0.5) is 0 Å². The van der Waals surface area contributed by atoms with Gasteiger partial charge in [-0.05, 0) is 44.1 Å². The first-order valence-corrected chi connectivity index (χ1v) is 8.88. The maximum absolute atomic E-state index is 5.70. The predicted molar refractivity (Wildman–Crippen MR) is 90.3 cm³/mol. The van der Waals surface area contributed by atoms with E-state index in [1.807, 2.05) is 18.2 Å². The molecule has 0 aliphatic carbocycles. The lowest BCUT2D eigenvalue weighted by Gasteiger charge is -2.22. The molecule has 0 radical (unpaired) electrons. The van der Waals surface area contributed by atoms with Crippen LogP contribution in [-0.4, -0.2) is 39.3 Å². The highest BCUT2D eigenvalue weighted by Crippen LogP contribution is 2.14. The SMILES string of the molecule is c1ccc(COCCOCCCCCOC2CCCCO2)cc1. The minimum atomic E-state index is 0.0433. The van der Waals surface area contributed by atoms with Gasteiger partial charge < -0.3 is 18.9 Å². The van der Waals surface area contributed by atoms with Crippen LogP contribution in [0.5, 0.6) is 0 Å². The first-order chi connectivity index (χ1) is 11.4. The van der Waals surface area contributed by atoms with Gasteiger partial charge in [-0.1, -0.05) is 30.3 Å². The number of ether oxygens (including phenoxy) is 4. The number of unbranched alkanes of at least 4 members (excludes halogenated alkanes) is 2. The van der Waals surface area contributed by atoms with Crippen molar-refractivity contribution < 1.29 is 18.9 Å². The van der Waals surface area contributed by atoms with Crippen LogP contribution < -0.4 is 0 Å². The molecular formula is C19H30O4. The second-order valence-electron chi connectivity index (χ2n) is 5.88. The predicted octanol–water partition coefficient (Wildman–Crippen LogP) is 3.93. The third-order valence-corrected chi connectivity index (χ3v) is 3.86. The molecule has 0 spiro atoms. The molecule has 0 bridgehead atoms. The van der Waals surface area contributed by atoms with Gasteiger partial charge in [0.15, 0.2) is 6.29 Å². The topological polar surface area (TPSA) is 36.9 Å². The highest BCUT2D eigenvalue weighted by Gasteiger charge is 2.13. The smallest absolute Gasteiger partial charge is 0.157 e. The molecule has 1 aromatic rings. The Morgan fingerprint density at radius 3 is 2.52 bits per heavy atom. The third kappa shape index (κ3) is 9.06. The molecule has 4 nitrogen and oxygen atoms in total. The molecule has 1 heterocycles. The van der Waals surface area contributed by atoms with Crippen molar-refractivity contribution in [1.29, 1.82) is 0 Å². The van der Waals surface area contributed by atoms with E-state index in [0.717, 1.165) is 45.5 Å². The van der Waals surface area contributed by atoms with Gasteiger partial charge in [0.25, 0.3) is 0 Å². The lowest BCUT2D eigenvalue weighted by molar-refractivity contribution is -0.162. The second-order valence-corrected chi connectivity index (χ2v) is 5.88. The standard InChI is InChI=1S/C19H30O4/c1-3-9-18(10-4-1)17-21-16-15-20-12-6-2-7-13-22-19-11-5-8-14-23-19/h1,3-4,9-10,19H,2,5-8,11-17H2. The van der Waals surface area contributed by atoms with E-state index in [2.05, 4.69) is 12.1 Å². The Labute approximate surface area is 140 Å². The van der Waals surface area contributed by atoms with E-state index in [0.29, 0.717) is 19.8 Å². The minimum absolute atomic E-state index is 0.0433. The maximum Gasteiger partial charge on any atom is 0.157 e. The Morgan fingerprint density at radius 2 is 1.70 bits per heavy atom. The molecule has 0 aromatic heterocycles. The fraction of sp³-hybridized carbons (Fsp3) is 0.684. The van der Waals surface area contributed by atoms with Gasteiger partial charge in [-0.3, -0.25) is 0 Å². The number of hydrogen-bond donors (Lipinski definition) is 0. The van der Waals surface area contributed by atoms with Crippen LogP contribution in [0.25, 0.3) is 0 Å². The first kappa shape index (κ1) is 18.4. The van der Waals surface area contributed by atoms with Crippen molar-refractivity contribution in [3.63, 3.8) is 0 Å². The van der Waals surface area contributed by atoms with E-state index in [9.17, 15) is 0 Å². The normalized spacial score (nSPS) is 18.2. The molecule has 1 saturated heterocycles. The zero-order valence-corrected chi connectivity index (χ0v) is 14.1. The van der Waals surface area contributed by atoms with Gasteiger partial charge in [-0.15, -0.1) is 0 Å². The summed E-state index contributed by atoms with van der Waals surface area (Å²) in [5.41, 5.74) is 1.20. The van der Waals surface area contributed by atoms with Crippen molar-refractivity contribution in [3.05, 3.63) is 35.9 Å². The Bertz CT molecular complexity index is 376. The van der Waals surface area contributed by atoms with E-state index in [1.165, 1.54) is 18.4 Å². The highest BCUT2D eigenvalue weighted by atomic mass is 16.7. The van der Waals surface area contributed by atoms with E-state index in [1.54, 1.807) is 0 Å². The van der Waals surface area contributed by atoms with E-state index in [4.69, 9.17) is 18.9 Å². The van der Waals surface area contributed by atoms with Gasteiger partial charge in [-0.2, -0.15) is 0 Å². The van der Waals surface area contributed by atoms with Crippen molar-refractivity contribution in [2.24, 2.45) is 0 Å². The quantitative estimate of drug-likeness (QED) is 0.546. The van der Waals surface area contributed by atoms with Crippen LogP contribution in [0.2, 0.25) is 0 Å². The van der Waals surface area contributed by atoms with Gasteiger partial charge in [-0.25, -0.2) is 0 Å². The molecule has 0 saturated carbocycles. The number of hydrogen-bond acceptors (Lipinski definition) is 4. The van der Waals surface area contributed by atoms with E-state index in [-0.39, 0.29) is 6.29 Å².